The predicted octanol–water partition coefficient (Wildman–Crippen LogP) is 12.2. The van der Waals surface area contributed by atoms with E-state index in [1.54, 1.807) is 0 Å². The summed E-state index contributed by atoms with van der Waals surface area (Å²) in [5.74, 6) is -0.802. The molecule has 2 heterocycles. The molecule has 1 amide bonds. The molecule has 10 heteroatoms. The zero-order chi connectivity index (χ0) is 43.4. The Kier molecular flexibility index (Phi) is 28.8. The third-order valence-electron chi connectivity index (χ3n) is 11.1. The number of carbonyl (C=O) groups is 1. The summed E-state index contributed by atoms with van der Waals surface area (Å²) in [6.45, 7) is 23.3. The molecule has 8 atom stereocenters. The van der Waals surface area contributed by atoms with Gasteiger partial charge in [-0.3, -0.25) is 0 Å². The fourth-order valence-corrected chi connectivity index (χ4v) is 7.84. The van der Waals surface area contributed by atoms with Gasteiger partial charge in [0.25, 0.3) is 0 Å². The summed E-state index contributed by atoms with van der Waals surface area (Å²) in [6, 6.07) is -0.550. The van der Waals surface area contributed by atoms with E-state index in [1.807, 2.05) is 46.8 Å². The molecule has 2 saturated heterocycles. The largest absolute Gasteiger partial charge is 0.444 e. The van der Waals surface area contributed by atoms with E-state index in [1.165, 1.54) is 64.2 Å². The van der Waals surface area contributed by atoms with Crippen molar-refractivity contribution in [3.05, 3.63) is 12.2 Å². The van der Waals surface area contributed by atoms with Crippen LogP contribution in [0.1, 0.15) is 204 Å². The van der Waals surface area contributed by atoms with Gasteiger partial charge >= 0.3 is 6.09 Å². The molecule has 2 aliphatic heterocycles. The highest BCUT2D eigenvalue weighted by atomic mass is 16.8. The van der Waals surface area contributed by atoms with Crippen molar-refractivity contribution in [3.8, 4) is 0 Å². The van der Waals surface area contributed by atoms with E-state index in [9.17, 15) is 4.79 Å². The highest BCUT2D eigenvalue weighted by molar-refractivity contribution is 5.68. The molecule has 0 radical (unpaired) electrons. The summed E-state index contributed by atoms with van der Waals surface area (Å²) in [6.07, 6.45) is 25.2. The summed E-state index contributed by atoms with van der Waals surface area (Å²) < 4.78 is 52.2. The van der Waals surface area contributed by atoms with Crippen LogP contribution in [0.25, 0.3) is 0 Å². The number of hydrogen-bond acceptors (Lipinski definition) is 9. The number of alkyl carbamates (subject to hydrolysis) is 1. The molecule has 2 fully saturated rings. The molecule has 2 rings (SSSR count). The first-order valence-corrected chi connectivity index (χ1v) is 24.5. The first-order valence-electron chi connectivity index (χ1n) is 24.5. The highest BCUT2D eigenvalue weighted by Crippen LogP contribution is 2.35. The monoisotopic (exact) mass is 840 g/mol. The Morgan fingerprint density at radius 2 is 1.12 bits per heavy atom. The second-order valence-corrected chi connectivity index (χ2v) is 18.5. The van der Waals surface area contributed by atoms with Crippen LogP contribution >= 0.6 is 0 Å². The topological polar surface area (TPSA) is 103 Å². The molecule has 10 nitrogen and oxygen atoms in total. The van der Waals surface area contributed by atoms with Crippen molar-refractivity contribution in [2.24, 2.45) is 0 Å². The van der Waals surface area contributed by atoms with E-state index < -0.39 is 41.8 Å². The first kappa shape index (κ1) is 53.9. The summed E-state index contributed by atoms with van der Waals surface area (Å²) >= 11 is 0. The van der Waals surface area contributed by atoms with Crippen molar-refractivity contribution in [2.45, 2.75) is 264 Å². The second kappa shape index (κ2) is 31.6. The lowest BCUT2D eigenvalue weighted by Crippen LogP contribution is -2.61. The lowest BCUT2D eigenvalue weighted by Gasteiger charge is -2.45. The standard InChI is InChI=1S/C49H93NO9/c1-11-16-21-22-23-24-25-26-27-28-29-30-31-41-43(58-49(9,10)57-41)39(50-47(51)59-48(6,7)8)32-33-40-44(53-35-18-13-3)46(55-37-20-15-5)45(54-36-19-14-4)42(56-40)38-52-34-17-12-2/h32-33,39-46H,11-31,34-38H2,1-10H3,(H,50,51)/b33-32+/t39-,40+,41+,42?,43-,44?,45-,46+/m0/s1. The zero-order valence-electron chi connectivity index (χ0n) is 39.8. The van der Waals surface area contributed by atoms with Crippen molar-refractivity contribution >= 4 is 6.09 Å². The number of unbranched alkanes of at least 4 members (excludes halogenated alkanes) is 15. The zero-order valence-corrected chi connectivity index (χ0v) is 39.8. The predicted molar refractivity (Wildman–Crippen MR) is 240 cm³/mol. The van der Waals surface area contributed by atoms with Crippen LogP contribution in [-0.4, -0.2) is 99.3 Å². The van der Waals surface area contributed by atoms with E-state index in [0.29, 0.717) is 33.0 Å². The molecular weight excluding hydrogens is 747 g/mol. The maximum absolute atomic E-state index is 13.5. The van der Waals surface area contributed by atoms with Gasteiger partial charge in [0.15, 0.2) is 5.79 Å². The molecule has 0 aromatic heterocycles. The van der Waals surface area contributed by atoms with Crippen LogP contribution in [-0.2, 0) is 37.9 Å². The third-order valence-corrected chi connectivity index (χ3v) is 11.1. The van der Waals surface area contributed by atoms with Crippen LogP contribution in [0, 0.1) is 0 Å². The normalized spacial score (nSPS) is 25.2. The maximum Gasteiger partial charge on any atom is 0.408 e. The van der Waals surface area contributed by atoms with Gasteiger partial charge in [-0.05, 0) is 66.7 Å². The van der Waals surface area contributed by atoms with Crippen molar-refractivity contribution in [2.75, 3.05) is 33.0 Å². The van der Waals surface area contributed by atoms with Crippen molar-refractivity contribution < 1.29 is 42.7 Å². The summed E-state index contributed by atoms with van der Waals surface area (Å²) in [5.41, 5.74) is -0.662. The number of nitrogens with one attached hydrogen (secondary N) is 1. The van der Waals surface area contributed by atoms with E-state index in [0.717, 1.165) is 70.6 Å². The van der Waals surface area contributed by atoms with Crippen LogP contribution in [0.3, 0.4) is 0 Å². The number of amides is 1. The van der Waals surface area contributed by atoms with Gasteiger partial charge in [-0.2, -0.15) is 0 Å². The Hall–Kier alpha value is -1.27. The molecular formula is C49H93NO9. The average Bonchev–Trinajstić information content (AvgIpc) is 3.49. The summed E-state index contributed by atoms with van der Waals surface area (Å²) in [7, 11) is 0. The van der Waals surface area contributed by atoms with Crippen molar-refractivity contribution in [1.29, 1.82) is 0 Å². The van der Waals surface area contributed by atoms with Gasteiger partial charge in [-0.1, -0.05) is 150 Å². The Labute approximate surface area is 362 Å². The Balaban J connectivity index is 2.36. The molecule has 2 unspecified atom stereocenters. The van der Waals surface area contributed by atoms with Crippen LogP contribution in [0.15, 0.2) is 12.2 Å². The fraction of sp³-hybridized carbons (Fsp3) is 0.939. The summed E-state index contributed by atoms with van der Waals surface area (Å²) in [4.78, 5) is 13.5. The fourth-order valence-electron chi connectivity index (χ4n) is 7.84. The van der Waals surface area contributed by atoms with Gasteiger partial charge in [0.1, 0.15) is 42.2 Å². The van der Waals surface area contributed by atoms with Crippen LogP contribution < -0.4 is 5.32 Å². The minimum atomic E-state index is -0.802. The van der Waals surface area contributed by atoms with E-state index in [4.69, 9.17) is 37.9 Å². The molecule has 2 aliphatic rings. The van der Waals surface area contributed by atoms with Crippen molar-refractivity contribution in [1.82, 2.24) is 5.32 Å². The molecule has 1 N–H and O–H groups in total. The van der Waals surface area contributed by atoms with Gasteiger partial charge in [-0.25, -0.2) is 4.79 Å². The minimum absolute atomic E-state index is 0.206. The quantitative estimate of drug-likeness (QED) is 0.0501. The van der Waals surface area contributed by atoms with Crippen molar-refractivity contribution in [3.63, 3.8) is 0 Å². The van der Waals surface area contributed by atoms with E-state index >= 15 is 0 Å². The third kappa shape index (κ3) is 23.1. The van der Waals surface area contributed by atoms with Crippen LogP contribution in [0.4, 0.5) is 4.79 Å². The SMILES string of the molecule is CCCCCCCCCCCCCC[C@H]1OC(C)(C)O[C@H]1[C@H](/C=C/[C@H]1OC(COCCCC)[C@H](OCCCC)[C@H](OCCCC)C1OCCCC)NC(=O)OC(C)(C)C. The lowest BCUT2D eigenvalue weighted by atomic mass is 9.92. The lowest BCUT2D eigenvalue weighted by molar-refractivity contribution is -0.256. The van der Waals surface area contributed by atoms with E-state index in [2.05, 4.69) is 39.9 Å². The molecule has 0 spiro atoms. The molecule has 0 saturated carbocycles. The van der Waals surface area contributed by atoms with Crippen LogP contribution in [0.5, 0.6) is 0 Å². The maximum atomic E-state index is 13.5. The molecule has 59 heavy (non-hydrogen) atoms. The molecule has 0 aliphatic carbocycles. The molecule has 0 aromatic rings. The Morgan fingerprint density at radius 1 is 0.627 bits per heavy atom. The van der Waals surface area contributed by atoms with Gasteiger partial charge < -0.3 is 43.2 Å². The molecule has 348 valence electrons. The average molecular weight is 840 g/mol. The van der Waals surface area contributed by atoms with Crippen LogP contribution in [0.2, 0.25) is 0 Å². The molecule has 0 aromatic carbocycles. The number of ether oxygens (including phenoxy) is 8. The number of rotatable bonds is 34. The van der Waals surface area contributed by atoms with E-state index in [-0.39, 0.29) is 24.4 Å². The van der Waals surface area contributed by atoms with Gasteiger partial charge in [0.2, 0.25) is 0 Å². The number of carbonyl (C=O) groups excluding carboxylic acids is 1. The smallest absolute Gasteiger partial charge is 0.408 e. The van der Waals surface area contributed by atoms with Gasteiger partial charge in [0, 0.05) is 26.4 Å². The second-order valence-electron chi connectivity index (χ2n) is 18.5. The summed E-state index contributed by atoms with van der Waals surface area (Å²) in [5, 5.41) is 3.16. The van der Waals surface area contributed by atoms with Gasteiger partial charge in [-0.15, -0.1) is 0 Å². The number of hydrogen-bond donors (Lipinski definition) is 1. The highest BCUT2D eigenvalue weighted by Gasteiger charge is 2.49. The Morgan fingerprint density at radius 3 is 1.66 bits per heavy atom. The van der Waals surface area contributed by atoms with Gasteiger partial charge in [0.05, 0.1) is 18.8 Å². The minimum Gasteiger partial charge on any atom is -0.444 e. The Bertz CT molecular complexity index is 1060. The first-order chi connectivity index (χ1) is 28.4. The molecule has 0 bridgehead atoms.